The van der Waals surface area contributed by atoms with Crippen molar-refractivity contribution in [2.45, 2.75) is 13.3 Å². The van der Waals surface area contributed by atoms with E-state index in [1.165, 1.54) is 11.6 Å². The highest BCUT2D eigenvalue weighted by Crippen LogP contribution is 2.30. The first-order chi connectivity index (χ1) is 9.16. The average molecular weight is 258 g/mol. The number of hydrogen-bond donors (Lipinski definition) is 1. The van der Waals surface area contributed by atoms with Gasteiger partial charge >= 0.3 is 0 Å². The second-order valence-electron chi connectivity index (χ2n) is 4.81. The van der Waals surface area contributed by atoms with Gasteiger partial charge in [0, 0.05) is 37.2 Å². The van der Waals surface area contributed by atoms with Crippen molar-refractivity contribution < 1.29 is 9.18 Å². The molecule has 0 spiro atoms. The van der Waals surface area contributed by atoms with Crippen molar-refractivity contribution in [3.05, 3.63) is 41.9 Å². The zero-order valence-corrected chi connectivity index (χ0v) is 10.7. The number of fused-ring (bicyclic) bond motifs is 1. The molecule has 1 aromatic carbocycles. The minimum atomic E-state index is -0.231. The Morgan fingerprint density at radius 2 is 2.26 bits per heavy atom. The molecule has 4 heteroatoms. The molecule has 0 atom stereocenters. The summed E-state index contributed by atoms with van der Waals surface area (Å²) < 4.78 is 13.6. The molecule has 1 aromatic heterocycles. The van der Waals surface area contributed by atoms with Crippen LogP contribution in [-0.4, -0.2) is 28.9 Å². The summed E-state index contributed by atoms with van der Waals surface area (Å²) in [4.78, 5) is 16.1. The van der Waals surface area contributed by atoms with E-state index >= 15 is 0 Å². The fourth-order valence-corrected chi connectivity index (χ4v) is 2.58. The van der Waals surface area contributed by atoms with Crippen molar-refractivity contribution in [1.29, 1.82) is 0 Å². The third-order valence-corrected chi connectivity index (χ3v) is 3.67. The number of benzene rings is 1. The molecule has 0 bridgehead atoms. The summed E-state index contributed by atoms with van der Waals surface area (Å²) in [5, 5.41) is 0.905. The number of aromatic nitrogens is 1. The van der Waals surface area contributed by atoms with Crippen LogP contribution in [-0.2, 0) is 4.79 Å². The fourth-order valence-electron chi connectivity index (χ4n) is 2.58. The van der Waals surface area contributed by atoms with E-state index in [0.29, 0.717) is 12.1 Å². The number of carbonyl (C=O) groups is 1. The van der Waals surface area contributed by atoms with Crippen molar-refractivity contribution in [3.63, 3.8) is 0 Å². The van der Waals surface area contributed by atoms with E-state index in [4.69, 9.17) is 0 Å². The summed E-state index contributed by atoms with van der Waals surface area (Å²) in [6.45, 7) is 2.94. The molecule has 0 radical (unpaired) electrons. The predicted octanol–water partition coefficient (Wildman–Crippen LogP) is 2.94. The van der Waals surface area contributed by atoms with Crippen LogP contribution in [0.15, 0.2) is 30.5 Å². The maximum absolute atomic E-state index is 13.6. The molecular weight excluding hydrogens is 243 g/mol. The minimum absolute atomic E-state index is 0.0975. The second kappa shape index (κ2) is 4.53. The predicted molar refractivity (Wildman–Crippen MR) is 73.1 cm³/mol. The molecule has 3 nitrogen and oxygen atoms in total. The van der Waals surface area contributed by atoms with Crippen LogP contribution < -0.4 is 0 Å². The Kier molecular flexibility index (Phi) is 2.85. The number of halogens is 1. The van der Waals surface area contributed by atoms with Crippen molar-refractivity contribution in [2.24, 2.45) is 0 Å². The van der Waals surface area contributed by atoms with E-state index in [0.717, 1.165) is 23.9 Å². The van der Waals surface area contributed by atoms with Crippen LogP contribution in [0.3, 0.4) is 0 Å². The second-order valence-corrected chi connectivity index (χ2v) is 4.81. The number of para-hydroxylation sites is 1. The molecule has 2 aromatic rings. The first kappa shape index (κ1) is 12.0. The SMILES string of the molecule is CC(=O)N1CC=C(c2c[nH]c3c(F)cccc23)CC1. The fraction of sp³-hybridized carbons (Fsp3) is 0.267. The van der Waals surface area contributed by atoms with Crippen molar-refractivity contribution in [2.75, 3.05) is 13.1 Å². The van der Waals surface area contributed by atoms with Crippen LogP contribution in [0.25, 0.3) is 16.5 Å². The van der Waals surface area contributed by atoms with E-state index in [2.05, 4.69) is 11.1 Å². The Balaban J connectivity index is 1.98. The van der Waals surface area contributed by atoms with Gasteiger partial charge in [0.05, 0.1) is 5.52 Å². The van der Waals surface area contributed by atoms with Gasteiger partial charge in [-0.05, 0) is 18.1 Å². The Morgan fingerprint density at radius 1 is 1.42 bits per heavy atom. The molecule has 0 saturated heterocycles. The molecular formula is C15H15FN2O. The molecule has 0 fully saturated rings. The maximum Gasteiger partial charge on any atom is 0.219 e. The lowest BCUT2D eigenvalue weighted by Crippen LogP contribution is -2.32. The first-order valence-corrected chi connectivity index (χ1v) is 6.37. The molecule has 2 heterocycles. The smallest absolute Gasteiger partial charge is 0.219 e. The van der Waals surface area contributed by atoms with Crippen LogP contribution in [0.1, 0.15) is 18.9 Å². The van der Waals surface area contributed by atoms with Crippen LogP contribution in [0.2, 0.25) is 0 Å². The van der Waals surface area contributed by atoms with E-state index in [1.54, 1.807) is 17.9 Å². The van der Waals surface area contributed by atoms with Gasteiger partial charge in [-0.15, -0.1) is 0 Å². The maximum atomic E-state index is 13.6. The van der Waals surface area contributed by atoms with Crippen LogP contribution in [0.4, 0.5) is 4.39 Å². The van der Waals surface area contributed by atoms with E-state index in [9.17, 15) is 9.18 Å². The molecule has 1 aliphatic heterocycles. The number of rotatable bonds is 1. The van der Waals surface area contributed by atoms with Gasteiger partial charge in [-0.2, -0.15) is 0 Å². The largest absolute Gasteiger partial charge is 0.358 e. The number of amides is 1. The highest BCUT2D eigenvalue weighted by atomic mass is 19.1. The quantitative estimate of drug-likeness (QED) is 0.838. The molecule has 0 unspecified atom stereocenters. The topological polar surface area (TPSA) is 36.1 Å². The normalized spacial score (nSPS) is 15.7. The molecule has 1 aliphatic rings. The lowest BCUT2D eigenvalue weighted by Gasteiger charge is -2.25. The molecule has 0 saturated carbocycles. The van der Waals surface area contributed by atoms with Gasteiger partial charge in [0.1, 0.15) is 5.82 Å². The Labute approximate surface area is 110 Å². The van der Waals surface area contributed by atoms with Gasteiger partial charge in [0.15, 0.2) is 0 Å². The summed E-state index contributed by atoms with van der Waals surface area (Å²) in [5.74, 6) is -0.134. The number of nitrogens with zero attached hydrogens (tertiary/aromatic N) is 1. The van der Waals surface area contributed by atoms with Crippen LogP contribution in [0, 0.1) is 5.82 Å². The Hall–Kier alpha value is -2.10. The van der Waals surface area contributed by atoms with Crippen molar-refractivity contribution in [3.8, 4) is 0 Å². The van der Waals surface area contributed by atoms with Gasteiger partial charge in [0.25, 0.3) is 0 Å². The van der Waals surface area contributed by atoms with Crippen molar-refractivity contribution >= 4 is 22.4 Å². The number of H-pyrrole nitrogens is 1. The Bertz CT molecular complexity index is 672. The van der Waals surface area contributed by atoms with E-state index < -0.39 is 0 Å². The molecule has 19 heavy (non-hydrogen) atoms. The monoisotopic (exact) mass is 258 g/mol. The summed E-state index contributed by atoms with van der Waals surface area (Å²) in [7, 11) is 0. The van der Waals surface area contributed by atoms with E-state index in [1.807, 2.05) is 12.3 Å². The van der Waals surface area contributed by atoms with Gasteiger partial charge in [-0.3, -0.25) is 4.79 Å². The van der Waals surface area contributed by atoms with Gasteiger partial charge < -0.3 is 9.88 Å². The van der Waals surface area contributed by atoms with Gasteiger partial charge in [-0.25, -0.2) is 4.39 Å². The Morgan fingerprint density at radius 3 is 2.95 bits per heavy atom. The number of aromatic amines is 1. The third kappa shape index (κ3) is 2.03. The molecule has 98 valence electrons. The van der Waals surface area contributed by atoms with Crippen molar-refractivity contribution in [1.82, 2.24) is 9.88 Å². The first-order valence-electron chi connectivity index (χ1n) is 6.37. The van der Waals surface area contributed by atoms with E-state index in [-0.39, 0.29) is 11.7 Å². The average Bonchev–Trinajstić information content (AvgIpc) is 2.84. The highest BCUT2D eigenvalue weighted by molar-refractivity contribution is 5.93. The highest BCUT2D eigenvalue weighted by Gasteiger charge is 2.17. The zero-order valence-electron chi connectivity index (χ0n) is 10.7. The molecule has 3 rings (SSSR count). The van der Waals surface area contributed by atoms with Crippen LogP contribution >= 0.6 is 0 Å². The lowest BCUT2D eigenvalue weighted by molar-refractivity contribution is -0.128. The standard InChI is InChI=1S/C15H15FN2O/c1-10(19)18-7-5-11(6-8-18)13-9-17-15-12(13)3-2-4-14(15)16/h2-5,9,17H,6-8H2,1H3. The molecule has 1 N–H and O–H groups in total. The molecule has 0 aliphatic carbocycles. The number of hydrogen-bond acceptors (Lipinski definition) is 1. The van der Waals surface area contributed by atoms with Gasteiger partial charge in [-0.1, -0.05) is 18.2 Å². The third-order valence-electron chi connectivity index (χ3n) is 3.67. The zero-order chi connectivity index (χ0) is 13.4. The summed E-state index contributed by atoms with van der Waals surface area (Å²) >= 11 is 0. The summed E-state index contributed by atoms with van der Waals surface area (Å²) in [6.07, 6.45) is 4.71. The summed E-state index contributed by atoms with van der Waals surface area (Å²) in [5.41, 5.74) is 2.76. The number of nitrogens with one attached hydrogen (secondary N) is 1. The van der Waals surface area contributed by atoms with Crippen LogP contribution in [0.5, 0.6) is 0 Å². The molecule has 1 amide bonds. The minimum Gasteiger partial charge on any atom is -0.358 e. The lowest BCUT2D eigenvalue weighted by atomic mass is 9.99. The van der Waals surface area contributed by atoms with Gasteiger partial charge in [0.2, 0.25) is 5.91 Å². The summed E-state index contributed by atoms with van der Waals surface area (Å²) in [6, 6.07) is 5.10. The number of carbonyl (C=O) groups excluding carboxylic acids is 1.